The van der Waals surface area contributed by atoms with Gasteiger partial charge in [-0.25, -0.2) is 12.7 Å². The van der Waals surface area contributed by atoms with Gasteiger partial charge in [-0.05, 0) is 56.5 Å². The molecule has 0 aromatic heterocycles. The molecule has 1 aliphatic heterocycles. The van der Waals surface area contributed by atoms with Gasteiger partial charge in [0.1, 0.15) is 5.75 Å². The van der Waals surface area contributed by atoms with Gasteiger partial charge in [-0.1, -0.05) is 35.9 Å². The molecule has 1 fully saturated rings. The Hall–Kier alpha value is -2.09. The molecule has 0 spiro atoms. The minimum Gasteiger partial charge on any atom is -0.489 e. The number of hydrogen-bond acceptors (Lipinski definition) is 4. The zero-order valence-corrected chi connectivity index (χ0v) is 18.7. The molecular weight excluding hydrogens is 424 g/mol. The number of carbonyl (C=O) groups excluding carboxylic acids is 1. The van der Waals surface area contributed by atoms with Crippen LogP contribution < -0.4 is 10.1 Å². The fourth-order valence-corrected chi connectivity index (χ4v) is 5.19. The third-order valence-electron chi connectivity index (χ3n) is 4.92. The Labute approximate surface area is 183 Å². The molecule has 162 valence electrons. The van der Waals surface area contributed by atoms with Crippen molar-refractivity contribution in [2.24, 2.45) is 5.92 Å². The fourth-order valence-electron chi connectivity index (χ4n) is 3.45. The number of amides is 1. The number of halogens is 1. The molecule has 2 aromatic carbocycles. The molecule has 1 aliphatic rings. The Bertz CT molecular complexity index is 977. The lowest BCUT2D eigenvalue weighted by atomic mass is 9.98. The molecule has 1 atom stereocenters. The monoisotopic (exact) mass is 450 g/mol. The summed E-state index contributed by atoms with van der Waals surface area (Å²) in [6.45, 7) is 4.44. The average molecular weight is 451 g/mol. The largest absolute Gasteiger partial charge is 0.489 e. The van der Waals surface area contributed by atoms with E-state index in [0.717, 1.165) is 0 Å². The van der Waals surface area contributed by atoms with Gasteiger partial charge < -0.3 is 10.1 Å². The number of anilines is 1. The van der Waals surface area contributed by atoms with Crippen molar-refractivity contribution in [1.29, 1.82) is 0 Å². The van der Waals surface area contributed by atoms with E-state index in [4.69, 9.17) is 16.3 Å². The Morgan fingerprint density at radius 3 is 2.60 bits per heavy atom. The first-order valence-corrected chi connectivity index (χ1v) is 12.0. The van der Waals surface area contributed by atoms with E-state index in [9.17, 15) is 13.2 Å². The van der Waals surface area contributed by atoms with Gasteiger partial charge in [-0.3, -0.25) is 4.79 Å². The maximum Gasteiger partial charge on any atom is 0.228 e. The van der Waals surface area contributed by atoms with E-state index >= 15 is 0 Å². The number of rotatable bonds is 7. The van der Waals surface area contributed by atoms with Crippen molar-refractivity contribution in [3.63, 3.8) is 0 Å². The fraction of sp³-hybridized carbons (Fsp3) is 0.409. The van der Waals surface area contributed by atoms with Crippen LogP contribution in [0.1, 0.15) is 32.3 Å². The molecule has 6 nitrogen and oxygen atoms in total. The highest BCUT2D eigenvalue weighted by molar-refractivity contribution is 7.88. The zero-order chi connectivity index (χ0) is 21.7. The molecular formula is C22H27ClN2O4S. The third kappa shape index (κ3) is 5.97. The van der Waals surface area contributed by atoms with Crippen molar-refractivity contribution in [3.8, 4) is 5.75 Å². The Kier molecular flexibility index (Phi) is 7.39. The Morgan fingerprint density at radius 2 is 1.90 bits per heavy atom. The van der Waals surface area contributed by atoms with Crippen molar-refractivity contribution < 1.29 is 17.9 Å². The lowest BCUT2D eigenvalue weighted by Crippen LogP contribution is -2.44. The molecule has 0 saturated carbocycles. The van der Waals surface area contributed by atoms with Gasteiger partial charge in [-0.15, -0.1) is 0 Å². The number of ether oxygens (including phenoxy) is 1. The summed E-state index contributed by atoms with van der Waals surface area (Å²) >= 11 is 5.88. The summed E-state index contributed by atoms with van der Waals surface area (Å²) < 4.78 is 32.9. The van der Waals surface area contributed by atoms with E-state index in [1.165, 1.54) is 4.31 Å². The van der Waals surface area contributed by atoms with Gasteiger partial charge >= 0.3 is 0 Å². The molecule has 1 N–H and O–H groups in total. The average Bonchev–Trinajstić information content (AvgIpc) is 2.71. The molecule has 3 rings (SSSR count). The Balaban J connectivity index is 1.67. The SMILES string of the molecule is CC(C)Oc1ccccc1NC(=O)C1CCCN(S(=O)(=O)Cc2ccc(Cl)cc2)C1. The maximum absolute atomic E-state index is 12.9. The molecule has 0 aliphatic carbocycles. The van der Waals surface area contributed by atoms with Crippen LogP contribution in [0.15, 0.2) is 48.5 Å². The predicted octanol–water partition coefficient (Wildman–Crippen LogP) is 4.31. The van der Waals surface area contributed by atoms with E-state index in [-0.39, 0.29) is 24.3 Å². The first kappa shape index (κ1) is 22.6. The predicted molar refractivity (Wildman–Crippen MR) is 119 cm³/mol. The number of sulfonamides is 1. The normalized spacial score (nSPS) is 17.7. The van der Waals surface area contributed by atoms with Gasteiger partial charge in [0.15, 0.2) is 0 Å². The lowest BCUT2D eigenvalue weighted by Gasteiger charge is -2.31. The molecule has 2 aromatic rings. The summed E-state index contributed by atoms with van der Waals surface area (Å²) in [5.41, 5.74) is 1.27. The second-order valence-electron chi connectivity index (χ2n) is 7.73. The maximum atomic E-state index is 12.9. The molecule has 1 saturated heterocycles. The second kappa shape index (κ2) is 9.81. The van der Waals surface area contributed by atoms with E-state index in [0.29, 0.717) is 41.4 Å². The van der Waals surface area contributed by atoms with Gasteiger partial charge in [0.2, 0.25) is 15.9 Å². The van der Waals surface area contributed by atoms with Crippen LogP contribution in [0.25, 0.3) is 0 Å². The van der Waals surface area contributed by atoms with Crippen molar-refractivity contribution in [2.45, 2.75) is 38.5 Å². The van der Waals surface area contributed by atoms with E-state index in [1.54, 1.807) is 36.4 Å². The van der Waals surface area contributed by atoms with Crippen LogP contribution in [-0.2, 0) is 20.6 Å². The number of hydrogen-bond donors (Lipinski definition) is 1. The summed E-state index contributed by atoms with van der Waals surface area (Å²) in [7, 11) is -3.53. The number of nitrogens with zero attached hydrogens (tertiary/aromatic N) is 1. The van der Waals surface area contributed by atoms with E-state index in [2.05, 4.69) is 5.32 Å². The van der Waals surface area contributed by atoms with E-state index < -0.39 is 15.9 Å². The van der Waals surface area contributed by atoms with Crippen molar-refractivity contribution in [1.82, 2.24) is 4.31 Å². The minimum atomic E-state index is -3.53. The molecule has 8 heteroatoms. The van der Waals surface area contributed by atoms with Gasteiger partial charge in [0.25, 0.3) is 0 Å². The number of carbonyl (C=O) groups is 1. The molecule has 30 heavy (non-hydrogen) atoms. The third-order valence-corrected chi connectivity index (χ3v) is 6.99. The Morgan fingerprint density at radius 1 is 1.20 bits per heavy atom. The summed E-state index contributed by atoms with van der Waals surface area (Å²) in [4.78, 5) is 12.9. The molecule has 1 amide bonds. The summed E-state index contributed by atoms with van der Waals surface area (Å²) in [5.74, 6) is -0.111. The van der Waals surface area contributed by atoms with Crippen LogP contribution in [0.2, 0.25) is 5.02 Å². The summed E-state index contributed by atoms with van der Waals surface area (Å²) in [5, 5.41) is 3.48. The lowest BCUT2D eigenvalue weighted by molar-refractivity contribution is -0.120. The van der Waals surface area contributed by atoms with Gasteiger partial charge in [0.05, 0.1) is 23.5 Å². The number of benzene rings is 2. The first-order chi connectivity index (χ1) is 14.2. The van der Waals surface area contributed by atoms with Crippen molar-refractivity contribution in [3.05, 3.63) is 59.1 Å². The topological polar surface area (TPSA) is 75.7 Å². The molecule has 1 unspecified atom stereocenters. The summed E-state index contributed by atoms with van der Waals surface area (Å²) in [6, 6.07) is 14.0. The van der Waals surface area contributed by atoms with Crippen LogP contribution in [0.3, 0.4) is 0 Å². The van der Waals surface area contributed by atoms with Crippen LogP contribution in [0.4, 0.5) is 5.69 Å². The summed E-state index contributed by atoms with van der Waals surface area (Å²) in [6.07, 6.45) is 1.26. The minimum absolute atomic E-state index is 0.0220. The molecule has 0 bridgehead atoms. The van der Waals surface area contributed by atoms with Crippen LogP contribution in [0, 0.1) is 5.92 Å². The highest BCUT2D eigenvalue weighted by Gasteiger charge is 2.32. The number of piperidine rings is 1. The molecule has 0 radical (unpaired) electrons. The van der Waals surface area contributed by atoms with Crippen LogP contribution in [-0.4, -0.2) is 37.8 Å². The smallest absolute Gasteiger partial charge is 0.228 e. The second-order valence-corrected chi connectivity index (χ2v) is 10.1. The van der Waals surface area contributed by atoms with Crippen molar-refractivity contribution in [2.75, 3.05) is 18.4 Å². The van der Waals surface area contributed by atoms with E-state index in [1.807, 2.05) is 26.0 Å². The quantitative estimate of drug-likeness (QED) is 0.682. The number of nitrogens with one attached hydrogen (secondary N) is 1. The van der Waals surface area contributed by atoms with Gasteiger partial charge in [-0.2, -0.15) is 0 Å². The van der Waals surface area contributed by atoms with Crippen LogP contribution in [0.5, 0.6) is 5.75 Å². The van der Waals surface area contributed by atoms with Gasteiger partial charge in [0, 0.05) is 18.1 Å². The zero-order valence-electron chi connectivity index (χ0n) is 17.2. The number of para-hydroxylation sites is 2. The van der Waals surface area contributed by atoms with Crippen molar-refractivity contribution >= 4 is 33.2 Å². The standard InChI is InChI=1S/C22H27ClN2O4S/c1-16(2)29-21-8-4-3-7-20(21)24-22(26)18-6-5-13-25(14-18)30(27,28)15-17-9-11-19(23)12-10-17/h3-4,7-12,16,18H,5-6,13-15H2,1-2H3,(H,24,26). The highest BCUT2D eigenvalue weighted by atomic mass is 35.5. The highest BCUT2D eigenvalue weighted by Crippen LogP contribution is 2.28. The van der Waals surface area contributed by atoms with Crippen LogP contribution >= 0.6 is 11.6 Å². The first-order valence-electron chi connectivity index (χ1n) is 10.0. The molecule has 1 heterocycles.